The zero-order chi connectivity index (χ0) is 22.0. The number of hydrogen-bond donors (Lipinski definition) is 4. The number of anilines is 1. The van der Waals surface area contributed by atoms with Crippen LogP contribution < -0.4 is 10.6 Å². The number of aromatic amines is 1. The van der Waals surface area contributed by atoms with Crippen LogP contribution in [-0.4, -0.2) is 49.9 Å². The molecule has 3 aromatic rings. The number of nitriles is 1. The van der Waals surface area contributed by atoms with Crippen LogP contribution in [0, 0.1) is 16.7 Å². The zero-order valence-corrected chi connectivity index (χ0v) is 16.8. The van der Waals surface area contributed by atoms with Gasteiger partial charge in [0.25, 0.3) is 6.47 Å². The van der Waals surface area contributed by atoms with Gasteiger partial charge in [-0.1, -0.05) is 24.3 Å². The highest BCUT2D eigenvalue weighted by molar-refractivity contribution is 5.77. The molecule has 0 saturated carbocycles. The van der Waals surface area contributed by atoms with Crippen molar-refractivity contribution in [1.29, 1.82) is 5.26 Å². The van der Waals surface area contributed by atoms with Gasteiger partial charge in [0, 0.05) is 19.1 Å². The Balaban J connectivity index is 0.000000730. The summed E-state index contributed by atoms with van der Waals surface area (Å²) in [5.74, 6) is 0.655. The molecule has 0 bridgehead atoms. The van der Waals surface area contributed by atoms with Gasteiger partial charge in [0.05, 0.1) is 6.61 Å². The van der Waals surface area contributed by atoms with Crippen molar-refractivity contribution < 1.29 is 15.0 Å². The van der Waals surface area contributed by atoms with Crippen LogP contribution in [0.4, 0.5) is 5.82 Å². The van der Waals surface area contributed by atoms with Gasteiger partial charge in [-0.05, 0) is 35.8 Å². The van der Waals surface area contributed by atoms with Crippen molar-refractivity contribution >= 4 is 23.5 Å². The standard InChI is InChI=1S/C20H21N7O.CH2O2/c21-10-14-16-18(26-25-14)24-19(15(11-28)23-16)27-7-5-20(6-8-27)9-12-3-1-2-4-13(12)17(20)22;2-1-3/h1-4,17,28H,5-9,11,22H2,(H,24,25,26);1H,(H,2,3)/t17-;/m1./s1. The van der Waals surface area contributed by atoms with E-state index in [0.717, 1.165) is 32.4 Å². The number of piperidine rings is 1. The minimum atomic E-state index is -0.250. The number of nitrogens with zero attached hydrogens (tertiary/aromatic N) is 5. The van der Waals surface area contributed by atoms with E-state index in [4.69, 9.17) is 20.9 Å². The van der Waals surface area contributed by atoms with Gasteiger partial charge in [-0.3, -0.25) is 9.89 Å². The lowest BCUT2D eigenvalue weighted by atomic mass is 9.73. The van der Waals surface area contributed by atoms with Crippen LogP contribution in [0.3, 0.4) is 0 Å². The third-order valence-electron chi connectivity index (χ3n) is 6.35. The van der Waals surface area contributed by atoms with Gasteiger partial charge in [0.15, 0.2) is 17.2 Å². The van der Waals surface area contributed by atoms with Crippen molar-refractivity contribution in [2.75, 3.05) is 18.0 Å². The lowest BCUT2D eigenvalue weighted by Gasteiger charge is -2.42. The molecule has 160 valence electrons. The largest absolute Gasteiger partial charge is 0.483 e. The molecule has 0 unspecified atom stereocenters. The number of carbonyl (C=O) groups is 1. The summed E-state index contributed by atoms with van der Waals surface area (Å²) in [5.41, 5.74) is 10.9. The zero-order valence-electron chi connectivity index (χ0n) is 16.8. The molecule has 2 aliphatic rings. The number of fused-ring (bicyclic) bond motifs is 2. The molecule has 1 spiro atoms. The highest BCUT2D eigenvalue weighted by Gasteiger charge is 2.46. The van der Waals surface area contributed by atoms with Crippen LogP contribution in [0.2, 0.25) is 0 Å². The number of aromatic nitrogens is 4. The maximum absolute atomic E-state index is 9.81. The predicted molar refractivity (Wildman–Crippen MR) is 112 cm³/mol. The lowest BCUT2D eigenvalue weighted by molar-refractivity contribution is -0.122. The number of carboxylic acid groups (broad SMARTS) is 1. The Morgan fingerprint density at radius 3 is 2.68 bits per heavy atom. The van der Waals surface area contributed by atoms with Gasteiger partial charge >= 0.3 is 0 Å². The molecular weight excluding hydrogens is 398 g/mol. The number of aliphatic hydroxyl groups excluding tert-OH is 1. The van der Waals surface area contributed by atoms with Crippen molar-refractivity contribution in [2.24, 2.45) is 11.1 Å². The van der Waals surface area contributed by atoms with Crippen molar-refractivity contribution in [3.05, 3.63) is 46.8 Å². The summed E-state index contributed by atoms with van der Waals surface area (Å²) in [7, 11) is 0. The minimum Gasteiger partial charge on any atom is -0.483 e. The molecule has 1 fully saturated rings. The van der Waals surface area contributed by atoms with E-state index in [1.165, 1.54) is 11.1 Å². The maximum Gasteiger partial charge on any atom is 0.290 e. The van der Waals surface area contributed by atoms with E-state index < -0.39 is 0 Å². The van der Waals surface area contributed by atoms with Crippen LogP contribution in [0.1, 0.15) is 41.4 Å². The molecule has 1 saturated heterocycles. The highest BCUT2D eigenvalue weighted by atomic mass is 16.3. The summed E-state index contributed by atoms with van der Waals surface area (Å²) < 4.78 is 0. The molecular formula is C21H23N7O3. The maximum atomic E-state index is 9.81. The minimum absolute atomic E-state index is 0.0579. The summed E-state index contributed by atoms with van der Waals surface area (Å²) in [6.07, 6.45) is 2.93. The molecule has 1 aliphatic heterocycles. The van der Waals surface area contributed by atoms with E-state index in [-0.39, 0.29) is 30.2 Å². The highest BCUT2D eigenvalue weighted by Crippen LogP contribution is 2.51. The Labute approximate surface area is 178 Å². The normalized spacial score (nSPS) is 18.9. The molecule has 1 aromatic carbocycles. The molecule has 2 aromatic heterocycles. The van der Waals surface area contributed by atoms with Crippen LogP contribution in [0.15, 0.2) is 24.3 Å². The van der Waals surface area contributed by atoms with Crippen LogP contribution >= 0.6 is 0 Å². The van der Waals surface area contributed by atoms with E-state index in [1.807, 2.05) is 6.07 Å². The Morgan fingerprint density at radius 2 is 2.03 bits per heavy atom. The fourth-order valence-electron chi connectivity index (χ4n) is 4.77. The van der Waals surface area contributed by atoms with Gasteiger partial charge in [0.1, 0.15) is 17.3 Å². The van der Waals surface area contributed by atoms with Gasteiger partial charge in [0.2, 0.25) is 0 Å². The predicted octanol–water partition coefficient (Wildman–Crippen LogP) is 1.26. The van der Waals surface area contributed by atoms with E-state index in [1.54, 1.807) is 0 Å². The first kappa shape index (κ1) is 20.7. The number of hydrogen-bond acceptors (Lipinski definition) is 8. The summed E-state index contributed by atoms with van der Waals surface area (Å²) in [4.78, 5) is 19.6. The number of aliphatic hydroxyl groups is 1. The van der Waals surface area contributed by atoms with Crippen molar-refractivity contribution in [1.82, 2.24) is 20.2 Å². The molecule has 31 heavy (non-hydrogen) atoms. The van der Waals surface area contributed by atoms with E-state index in [9.17, 15) is 5.11 Å². The lowest BCUT2D eigenvalue weighted by Crippen LogP contribution is -2.45. The van der Waals surface area contributed by atoms with E-state index in [2.05, 4.69) is 49.3 Å². The first-order valence-corrected chi connectivity index (χ1v) is 9.99. The fraction of sp³-hybridized carbons (Fsp3) is 0.381. The molecule has 10 heteroatoms. The molecule has 0 amide bonds. The summed E-state index contributed by atoms with van der Waals surface area (Å²) in [6.45, 7) is 1.11. The summed E-state index contributed by atoms with van der Waals surface area (Å²) in [5, 5.41) is 32.5. The smallest absolute Gasteiger partial charge is 0.290 e. The van der Waals surface area contributed by atoms with Crippen LogP contribution in [-0.2, 0) is 17.8 Å². The Morgan fingerprint density at radius 1 is 1.32 bits per heavy atom. The number of H-pyrrole nitrogens is 1. The second-order valence-electron chi connectivity index (χ2n) is 7.84. The van der Waals surface area contributed by atoms with Gasteiger partial charge < -0.3 is 20.8 Å². The number of benzene rings is 1. The third-order valence-corrected chi connectivity index (χ3v) is 6.35. The van der Waals surface area contributed by atoms with E-state index in [0.29, 0.717) is 22.7 Å². The van der Waals surface area contributed by atoms with Gasteiger partial charge in [-0.25, -0.2) is 9.97 Å². The SMILES string of the molecule is N#Cc1n[nH]c2nc(N3CCC4(CC3)Cc3ccccc3[C@H]4N)c(CO)nc12.O=CO. The molecule has 5 rings (SSSR count). The molecule has 5 N–H and O–H groups in total. The van der Waals surface area contributed by atoms with Gasteiger partial charge in [-0.15, -0.1) is 0 Å². The average Bonchev–Trinajstić information content (AvgIpc) is 3.32. The van der Waals surface area contributed by atoms with E-state index >= 15 is 0 Å². The second-order valence-corrected chi connectivity index (χ2v) is 7.84. The summed E-state index contributed by atoms with van der Waals surface area (Å²) >= 11 is 0. The summed E-state index contributed by atoms with van der Waals surface area (Å²) in [6, 6.07) is 10.5. The average molecular weight is 421 g/mol. The molecule has 1 atom stereocenters. The third kappa shape index (κ3) is 3.48. The topological polar surface area (TPSA) is 165 Å². The van der Waals surface area contributed by atoms with Crippen molar-refractivity contribution in [2.45, 2.75) is 31.9 Å². The number of rotatable bonds is 2. The van der Waals surface area contributed by atoms with Crippen molar-refractivity contribution in [3.63, 3.8) is 0 Å². The number of nitrogens with two attached hydrogens (primary N) is 1. The molecule has 1 aliphatic carbocycles. The Kier molecular flexibility index (Phi) is 5.54. The van der Waals surface area contributed by atoms with Crippen LogP contribution in [0.5, 0.6) is 0 Å². The number of nitrogens with one attached hydrogen (secondary N) is 1. The Bertz CT molecular complexity index is 1150. The Hall–Kier alpha value is -3.55. The molecule has 3 heterocycles. The second kappa shape index (κ2) is 8.29. The van der Waals surface area contributed by atoms with Crippen molar-refractivity contribution in [3.8, 4) is 6.07 Å². The van der Waals surface area contributed by atoms with Gasteiger partial charge in [-0.2, -0.15) is 10.4 Å². The first-order valence-electron chi connectivity index (χ1n) is 9.99. The first-order chi connectivity index (χ1) is 15.1. The fourth-order valence-corrected chi connectivity index (χ4v) is 4.77. The molecule has 0 radical (unpaired) electrons. The van der Waals surface area contributed by atoms with Crippen LogP contribution in [0.25, 0.3) is 11.2 Å². The monoisotopic (exact) mass is 421 g/mol. The molecule has 10 nitrogen and oxygen atoms in total. The quantitative estimate of drug-likeness (QED) is 0.446.